The van der Waals surface area contributed by atoms with E-state index in [1.54, 1.807) is 7.11 Å². The van der Waals surface area contributed by atoms with E-state index in [2.05, 4.69) is 27.7 Å². The SMILES string of the molecule is COc1cc(C(N)CC(C)C(C)(C)C)ccc1Cl. The molecule has 0 aliphatic heterocycles. The van der Waals surface area contributed by atoms with Gasteiger partial charge in [-0.1, -0.05) is 45.4 Å². The molecule has 0 heterocycles. The number of nitrogens with two attached hydrogens (primary N) is 1. The molecular weight excluding hydrogens is 246 g/mol. The van der Waals surface area contributed by atoms with Crippen LogP contribution in [0.2, 0.25) is 5.02 Å². The second-order valence-corrected chi connectivity index (χ2v) is 6.41. The highest BCUT2D eigenvalue weighted by molar-refractivity contribution is 6.32. The molecule has 2 unspecified atom stereocenters. The van der Waals surface area contributed by atoms with E-state index < -0.39 is 0 Å². The van der Waals surface area contributed by atoms with Gasteiger partial charge in [-0.15, -0.1) is 0 Å². The highest BCUT2D eigenvalue weighted by Crippen LogP contribution is 2.34. The first-order valence-corrected chi connectivity index (χ1v) is 6.72. The molecule has 102 valence electrons. The van der Waals surface area contributed by atoms with Crippen LogP contribution in [0.3, 0.4) is 0 Å². The van der Waals surface area contributed by atoms with Crippen molar-refractivity contribution in [2.75, 3.05) is 7.11 Å². The number of ether oxygens (including phenoxy) is 1. The molecule has 1 aromatic carbocycles. The maximum atomic E-state index is 6.27. The Morgan fingerprint density at radius 1 is 1.33 bits per heavy atom. The van der Waals surface area contributed by atoms with Crippen LogP contribution in [0, 0.1) is 11.3 Å². The summed E-state index contributed by atoms with van der Waals surface area (Å²) in [6.45, 7) is 8.97. The van der Waals surface area contributed by atoms with Gasteiger partial charge in [0.2, 0.25) is 0 Å². The third-order valence-electron chi connectivity index (χ3n) is 3.69. The molecule has 0 radical (unpaired) electrons. The number of rotatable bonds is 4. The van der Waals surface area contributed by atoms with E-state index >= 15 is 0 Å². The molecule has 2 nitrogen and oxygen atoms in total. The molecule has 0 spiro atoms. The molecule has 0 aliphatic carbocycles. The van der Waals surface area contributed by atoms with Gasteiger partial charge in [0, 0.05) is 6.04 Å². The van der Waals surface area contributed by atoms with Gasteiger partial charge in [0.25, 0.3) is 0 Å². The largest absolute Gasteiger partial charge is 0.495 e. The van der Waals surface area contributed by atoms with Crippen molar-refractivity contribution in [2.24, 2.45) is 17.1 Å². The van der Waals surface area contributed by atoms with Crippen molar-refractivity contribution in [1.29, 1.82) is 0 Å². The van der Waals surface area contributed by atoms with Crippen molar-refractivity contribution in [3.8, 4) is 5.75 Å². The molecule has 2 atom stereocenters. The van der Waals surface area contributed by atoms with Gasteiger partial charge in [-0.2, -0.15) is 0 Å². The highest BCUT2D eigenvalue weighted by Gasteiger charge is 2.23. The summed E-state index contributed by atoms with van der Waals surface area (Å²) in [7, 11) is 1.62. The summed E-state index contributed by atoms with van der Waals surface area (Å²) >= 11 is 6.01. The lowest BCUT2D eigenvalue weighted by Crippen LogP contribution is -2.23. The Kier molecular flexibility index (Phi) is 5.06. The molecular formula is C15H24ClNO. The molecule has 0 bridgehead atoms. The van der Waals surface area contributed by atoms with E-state index in [0.29, 0.717) is 16.7 Å². The van der Waals surface area contributed by atoms with Crippen LogP contribution in [-0.2, 0) is 0 Å². The minimum atomic E-state index is 0.0189. The Balaban J connectivity index is 2.81. The van der Waals surface area contributed by atoms with Crippen LogP contribution >= 0.6 is 11.6 Å². The van der Waals surface area contributed by atoms with Crippen molar-refractivity contribution >= 4 is 11.6 Å². The second-order valence-electron chi connectivity index (χ2n) is 6.00. The van der Waals surface area contributed by atoms with Crippen LogP contribution in [0.1, 0.15) is 45.7 Å². The van der Waals surface area contributed by atoms with Crippen LogP contribution in [0.25, 0.3) is 0 Å². The van der Waals surface area contributed by atoms with Crippen LogP contribution in [0.15, 0.2) is 18.2 Å². The van der Waals surface area contributed by atoms with E-state index in [-0.39, 0.29) is 11.5 Å². The predicted molar refractivity (Wildman–Crippen MR) is 78.2 cm³/mol. The van der Waals surface area contributed by atoms with E-state index in [1.165, 1.54) is 0 Å². The molecule has 0 fully saturated rings. The number of benzene rings is 1. The summed E-state index contributed by atoms with van der Waals surface area (Å²) in [6.07, 6.45) is 0.953. The Morgan fingerprint density at radius 2 is 1.94 bits per heavy atom. The third kappa shape index (κ3) is 3.89. The van der Waals surface area contributed by atoms with Crippen molar-refractivity contribution < 1.29 is 4.74 Å². The van der Waals surface area contributed by atoms with Gasteiger partial charge < -0.3 is 10.5 Å². The average molecular weight is 270 g/mol. The summed E-state index contributed by atoms with van der Waals surface area (Å²) in [5, 5.41) is 0.623. The molecule has 18 heavy (non-hydrogen) atoms. The van der Waals surface area contributed by atoms with Crippen molar-refractivity contribution in [2.45, 2.75) is 40.2 Å². The van der Waals surface area contributed by atoms with E-state index in [4.69, 9.17) is 22.1 Å². The summed E-state index contributed by atoms with van der Waals surface area (Å²) in [4.78, 5) is 0. The Labute approximate surface area is 115 Å². The molecule has 0 saturated heterocycles. The predicted octanol–water partition coefficient (Wildman–Crippen LogP) is 4.42. The standard InChI is InChI=1S/C15H24ClNO/c1-10(15(2,3)4)8-13(17)11-6-7-12(16)14(9-11)18-5/h6-7,9-10,13H,8,17H2,1-5H3. The summed E-state index contributed by atoms with van der Waals surface area (Å²) in [5.41, 5.74) is 7.62. The van der Waals surface area contributed by atoms with Gasteiger partial charge in [-0.3, -0.25) is 0 Å². The fourth-order valence-electron chi connectivity index (χ4n) is 1.78. The average Bonchev–Trinajstić information content (AvgIpc) is 2.28. The minimum absolute atomic E-state index is 0.0189. The fourth-order valence-corrected chi connectivity index (χ4v) is 1.97. The highest BCUT2D eigenvalue weighted by atomic mass is 35.5. The zero-order valence-corrected chi connectivity index (χ0v) is 12.7. The quantitative estimate of drug-likeness (QED) is 0.878. The molecule has 3 heteroatoms. The van der Waals surface area contributed by atoms with Crippen LogP contribution < -0.4 is 10.5 Å². The number of hydrogen-bond acceptors (Lipinski definition) is 2. The molecule has 0 amide bonds. The zero-order chi connectivity index (χ0) is 13.9. The first-order valence-electron chi connectivity index (χ1n) is 6.34. The first kappa shape index (κ1) is 15.3. The topological polar surface area (TPSA) is 35.2 Å². The lowest BCUT2D eigenvalue weighted by molar-refractivity contribution is 0.234. The Bertz CT molecular complexity index is 398. The lowest BCUT2D eigenvalue weighted by atomic mass is 9.78. The lowest BCUT2D eigenvalue weighted by Gasteiger charge is -2.29. The molecule has 0 aliphatic rings. The summed E-state index contributed by atoms with van der Waals surface area (Å²) < 4.78 is 5.22. The normalized spacial score (nSPS) is 15.3. The molecule has 0 aromatic heterocycles. The number of hydrogen-bond donors (Lipinski definition) is 1. The number of halogens is 1. The van der Waals surface area contributed by atoms with Gasteiger partial charge in [0.05, 0.1) is 12.1 Å². The second kappa shape index (κ2) is 5.94. The van der Waals surface area contributed by atoms with E-state index in [9.17, 15) is 0 Å². The third-order valence-corrected chi connectivity index (χ3v) is 4.00. The minimum Gasteiger partial charge on any atom is -0.495 e. The van der Waals surface area contributed by atoms with E-state index in [1.807, 2.05) is 18.2 Å². The fraction of sp³-hybridized carbons (Fsp3) is 0.600. The smallest absolute Gasteiger partial charge is 0.137 e. The van der Waals surface area contributed by atoms with Crippen LogP contribution in [0.4, 0.5) is 0 Å². The molecule has 2 N–H and O–H groups in total. The molecule has 1 rings (SSSR count). The van der Waals surface area contributed by atoms with Crippen molar-refractivity contribution in [1.82, 2.24) is 0 Å². The van der Waals surface area contributed by atoms with Gasteiger partial charge in [-0.25, -0.2) is 0 Å². The van der Waals surface area contributed by atoms with Crippen molar-refractivity contribution in [3.63, 3.8) is 0 Å². The van der Waals surface area contributed by atoms with Crippen molar-refractivity contribution in [3.05, 3.63) is 28.8 Å². The maximum Gasteiger partial charge on any atom is 0.137 e. The number of methoxy groups -OCH3 is 1. The zero-order valence-electron chi connectivity index (χ0n) is 12.0. The monoisotopic (exact) mass is 269 g/mol. The summed E-state index contributed by atoms with van der Waals surface area (Å²) in [6, 6.07) is 5.77. The van der Waals surface area contributed by atoms with Crippen LogP contribution in [0.5, 0.6) is 5.75 Å². The summed E-state index contributed by atoms with van der Waals surface area (Å²) in [5.74, 6) is 1.24. The van der Waals surface area contributed by atoms with Gasteiger partial charge in [0.1, 0.15) is 5.75 Å². The van der Waals surface area contributed by atoms with E-state index in [0.717, 1.165) is 12.0 Å². The molecule has 0 saturated carbocycles. The Morgan fingerprint density at radius 3 is 2.44 bits per heavy atom. The Hall–Kier alpha value is -0.730. The first-order chi connectivity index (χ1) is 8.25. The maximum absolute atomic E-state index is 6.27. The van der Waals surface area contributed by atoms with Gasteiger partial charge in [0.15, 0.2) is 0 Å². The van der Waals surface area contributed by atoms with Gasteiger partial charge in [-0.05, 0) is 35.4 Å². The molecule has 1 aromatic rings. The van der Waals surface area contributed by atoms with Crippen LogP contribution in [-0.4, -0.2) is 7.11 Å². The van der Waals surface area contributed by atoms with Gasteiger partial charge >= 0.3 is 0 Å².